The topological polar surface area (TPSA) is 26.3 Å². The fourth-order valence-electron chi connectivity index (χ4n) is 5.29. The van der Waals surface area contributed by atoms with Gasteiger partial charge in [-0.05, 0) is 18.8 Å². The second-order valence-electron chi connectivity index (χ2n) is 11.4. The highest BCUT2D eigenvalue weighted by Crippen LogP contribution is 2.21. The zero-order valence-electron chi connectivity index (χ0n) is 25.0. The Bertz CT molecular complexity index is 444. The highest BCUT2D eigenvalue weighted by Gasteiger charge is 2.11. The Morgan fingerprint density at radius 1 is 0.528 bits per heavy atom. The molecular weight excluding hydrogens is 440 g/mol. The molecule has 0 aliphatic carbocycles. The summed E-state index contributed by atoms with van der Waals surface area (Å²) in [5.41, 5.74) is 0. The van der Waals surface area contributed by atoms with Crippen molar-refractivity contribution in [1.29, 1.82) is 0 Å². The molecular formula is C34H66O2. The van der Waals surface area contributed by atoms with Crippen LogP contribution in [0.3, 0.4) is 0 Å². The minimum absolute atomic E-state index is 0.264. The molecule has 0 aliphatic rings. The molecule has 1 unspecified atom stereocenters. The third kappa shape index (κ3) is 27.8. The van der Waals surface area contributed by atoms with Gasteiger partial charge in [-0.2, -0.15) is 0 Å². The van der Waals surface area contributed by atoms with Crippen molar-refractivity contribution < 1.29 is 9.53 Å². The second-order valence-corrected chi connectivity index (χ2v) is 11.4. The van der Waals surface area contributed by atoms with E-state index in [1.165, 1.54) is 179 Å². The molecule has 0 radical (unpaired) electrons. The SMILES string of the molecule is C=CC(=O)OCC(CCCCCCCCCCCCCC)CCCCCCCCCCCCCCC. The Hall–Kier alpha value is -0.790. The van der Waals surface area contributed by atoms with Crippen LogP contribution in [0, 0.1) is 5.92 Å². The maximum absolute atomic E-state index is 11.5. The highest BCUT2D eigenvalue weighted by atomic mass is 16.5. The molecule has 0 heterocycles. The first-order chi connectivity index (χ1) is 17.7. The highest BCUT2D eigenvalue weighted by molar-refractivity contribution is 5.81. The number of esters is 1. The second kappa shape index (κ2) is 30.4. The van der Waals surface area contributed by atoms with Crippen LogP contribution >= 0.6 is 0 Å². The third-order valence-corrected chi connectivity index (χ3v) is 7.81. The molecule has 0 aromatic rings. The van der Waals surface area contributed by atoms with Crippen LogP contribution in [0.2, 0.25) is 0 Å². The van der Waals surface area contributed by atoms with Gasteiger partial charge in [-0.25, -0.2) is 4.79 Å². The van der Waals surface area contributed by atoms with Gasteiger partial charge in [0.1, 0.15) is 0 Å². The van der Waals surface area contributed by atoms with Crippen LogP contribution in [-0.2, 0) is 9.53 Å². The van der Waals surface area contributed by atoms with E-state index in [4.69, 9.17) is 4.74 Å². The number of unbranched alkanes of at least 4 members (excludes halogenated alkanes) is 23. The van der Waals surface area contributed by atoms with E-state index < -0.39 is 0 Å². The lowest BCUT2D eigenvalue weighted by Crippen LogP contribution is -2.13. The Morgan fingerprint density at radius 2 is 0.806 bits per heavy atom. The van der Waals surface area contributed by atoms with E-state index in [0.29, 0.717) is 12.5 Å². The van der Waals surface area contributed by atoms with E-state index in [0.717, 1.165) is 0 Å². The smallest absolute Gasteiger partial charge is 0.330 e. The minimum atomic E-state index is -0.264. The van der Waals surface area contributed by atoms with Crippen molar-refractivity contribution in [2.75, 3.05) is 6.61 Å². The van der Waals surface area contributed by atoms with Gasteiger partial charge in [0.25, 0.3) is 0 Å². The van der Waals surface area contributed by atoms with Crippen molar-refractivity contribution in [3.63, 3.8) is 0 Å². The van der Waals surface area contributed by atoms with Crippen LogP contribution in [0.4, 0.5) is 0 Å². The fourth-order valence-corrected chi connectivity index (χ4v) is 5.29. The zero-order chi connectivity index (χ0) is 26.4. The van der Waals surface area contributed by atoms with Gasteiger partial charge < -0.3 is 4.74 Å². The first kappa shape index (κ1) is 35.2. The lowest BCUT2D eigenvalue weighted by molar-refractivity contribution is -0.139. The number of rotatable bonds is 30. The van der Waals surface area contributed by atoms with E-state index in [9.17, 15) is 4.79 Å². The molecule has 0 saturated heterocycles. The summed E-state index contributed by atoms with van der Waals surface area (Å²) in [7, 11) is 0. The van der Waals surface area contributed by atoms with Gasteiger partial charge >= 0.3 is 5.97 Å². The fraction of sp³-hybridized carbons (Fsp3) is 0.912. The van der Waals surface area contributed by atoms with Gasteiger partial charge in [-0.3, -0.25) is 0 Å². The standard InChI is InChI=1S/C34H66O2/c1-4-7-9-11-13-15-17-19-21-23-25-27-29-31-33(32-36-34(35)6-3)30-28-26-24-22-20-18-16-14-12-10-8-5-2/h6,33H,3-5,7-32H2,1-2H3. The average molecular weight is 507 g/mol. The molecule has 0 fully saturated rings. The van der Waals surface area contributed by atoms with E-state index in [1.807, 2.05) is 0 Å². The predicted molar refractivity (Wildman–Crippen MR) is 161 cm³/mol. The van der Waals surface area contributed by atoms with E-state index >= 15 is 0 Å². The van der Waals surface area contributed by atoms with Crippen molar-refractivity contribution >= 4 is 5.97 Å². The molecule has 0 amide bonds. The van der Waals surface area contributed by atoms with Crippen molar-refractivity contribution in [3.8, 4) is 0 Å². The summed E-state index contributed by atoms with van der Waals surface area (Å²) < 4.78 is 5.42. The molecule has 0 rings (SSSR count). The number of hydrogen-bond donors (Lipinski definition) is 0. The van der Waals surface area contributed by atoms with Crippen LogP contribution in [0.25, 0.3) is 0 Å². The van der Waals surface area contributed by atoms with Gasteiger partial charge in [-0.15, -0.1) is 0 Å². The van der Waals surface area contributed by atoms with Crippen molar-refractivity contribution in [2.24, 2.45) is 5.92 Å². The summed E-state index contributed by atoms with van der Waals surface area (Å²) in [4.78, 5) is 11.5. The summed E-state index contributed by atoms with van der Waals surface area (Å²) in [5, 5.41) is 0. The van der Waals surface area contributed by atoms with Crippen LogP contribution in [-0.4, -0.2) is 12.6 Å². The molecule has 0 saturated carbocycles. The van der Waals surface area contributed by atoms with Crippen LogP contribution in [0.1, 0.15) is 187 Å². The molecule has 0 N–H and O–H groups in total. The molecule has 0 aliphatic heterocycles. The molecule has 36 heavy (non-hydrogen) atoms. The lowest BCUT2D eigenvalue weighted by Gasteiger charge is -2.16. The van der Waals surface area contributed by atoms with Crippen molar-refractivity contribution in [2.45, 2.75) is 187 Å². The maximum atomic E-state index is 11.5. The maximum Gasteiger partial charge on any atom is 0.330 e. The van der Waals surface area contributed by atoms with Gasteiger partial charge in [-0.1, -0.05) is 181 Å². The lowest BCUT2D eigenvalue weighted by atomic mass is 9.94. The molecule has 0 aromatic carbocycles. The minimum Gasteiger partial charge on any atom is -0.462 e. The molecule has 0 aromatic heterocycles. The van der Waals surface area contributed by atoms with Gasteiger partial charge in [0.15, 0.2) is 0 Å². The zero-order valence-corrected chi connectivity index (χ0v) is 25.0. The molecule has 0 bridgehead atoms. The molecule has 214 valence electrons. The number of carbonyl (C=O) groups is 1. The Morgan fingerprint density at radius 3 is 1.08 bits per heavy atom. The van der Waals surface area contributed by atoms with Crippen LogP contribution in [0.15, 0.2) is 12.7 Å². The summed E-state index contributed by atoms with van der Waals surface area (Å²) in [6, 6.07) is 0. The number of ether oxygens (including phenoxy) is 1. The summed E-state index contributed by atoms with van der Waals surface area (Å²) in [6.45, 7) is 8.70. The Kier molecular flexibility index (Phi) is 29.8. The molecule has 1 atom stereocenters. The van der Waals surface area contributed by atoms with E-state index in [1.54, 1.807) is 0 Å². The first-order valence-electron chi connectivity index (χ1n) is 16.5. The van der Waals surface area contributed by atoms with E-state index in [-0.39, 0.29) is 5.97 Å². The normalized spacial score (nSPS) is 12.1. The molecule has 2 heteroatoms. The first-order valence-corrected chi connectivity index (χ1v) is 16.5. The molecule has 0 spiro atoms. The quantitative estimate of drug-likeness (QED) is 0.0550. The van der Waals surface area contributed by atoms with Gasteiger partial charge in [0.05, 0.1) is 6.61 Å². The third-order valence-electron chi connectivity index (χ3n) is 7.81. The monoisotopic (exact) mass is 507 g/mol. The van der Waals surface area contributed by atoms with Crippen LogP contribution < -0.4 is 0 Å². The largest absolute Gasteiger partial charge is 0.462 e. The van der Waals surface area contributed by atoms with Gasteiger partial charge in [0, 0.05) is 6.08 Å². The Labute approximate surface area is 227 Å². The van der Waals surface area contributed by atoms with Crippen molar-refractivity contribution in [3.05, 3.63) is 12.7 Å². The Balaban J connectivity index is 3.70. The molecule has 2 nitrogen and oxygen atoms in total. The van der Waals surface area contributed by atoms with Crippen LogP contribution in [0.5, 0.6) is 0 Å². The number of carbonyl (C=O) groups excluding carboxylic acids is 1. The van der Waals surface area contributed by atoms with E-state index in [2.05, 4.69) is 20.4 Å². The predicted octanol–water partition coefficient (Wildman–Crippen LogP) is 11.9. The summed E-state index contributed by atoms with van der Waals surface area (Å²) in [6.07, 6.45) is 38.6. The average Bonchev–Trinajstić information content (AvgIpc) is 2.89. The number of hydrogen-bond acceptors (Lipinski definition) is 2. The summed E-state index contributed by atoms with van der Waals surface area (Å²) in [5.74, 6) is 0.268. The van der Waals surface area contributed by atoms with Crippen molar-refractivity contribution in [1.82, 2.24) is 0 Å². The summed E-state index contributed by atoms with van der Waals surface area (Å²) >= 11 is 0. The van der Waals surface area contributed by atoms with Gasteiger partial charge in [0.2, 0.25) is 0 Å².